The van der Waals surface area contributed by atoms with Crippen molar-refractivity contribution in [3.63, 3.8) is 0 Å². The number of hydrogen-bond donors (Lipinski definition) is 1. The second-order valence-corrected chi connectivity index (χ2v) is 6.63. The summed E-state index contributed by atoms with van der Waals surface area (Å²) in [7, 11) is 0. The predicted octanol–water partition coefficient (Wildman–Crippen LogP) is 3.96. The Kier molecular flexibility index (Phi) is 3.97. The lowest BCUT2D eigenvalue weighted by Gasteiger charge is -2.27. The summed E-state index contributed by atoms with van der Waals surface area (Å²) in [6.07, 6.45) is 2.27. The monoisotopic (exact) mass is 325 g/mol. The number of rotatable bonds is 4. The molecule has 3 nitrogen and oxygen atoms in total. The Labute approximate surface area is 140 Å². The molecule has 2 aliphatic rings. The molecule has 0 aromatic heterocycles. The van der Waals surface area contributed by atoms with Gasteiger partial charge in [-0.1, -0.05) is 42.5 Å². The van der Waals surface area contributed by atoms with Gasteiger partial charge < -0.3 is 10.1 Å². The Morgan fingerprint density at radius 1 is 1.17 bits per heavy atom. The van der Waals surface area contributed by atoms with Gasteiger partial charge in [0.25, 0.3) is 0 Å². The predicted molar refractivity (Wildman–Crippen MR) is 89.3 cm³/mol. The van der Waals surface area contributed by atoms with Crippen LogP contribution in [0, 0.1) is 11.7 Å². The van der Waals surface area contributed by atoms with Crippen LogP contribution >= 0.6 is 0 Å². The fourth-order valence-corrected chi connectivity index (χ4v) is 3.61. The van der Waals surface area contributed by atoms with E-state index in [0.717, 1.165) is 12.0 Å². The smallest absolute Gasteiger partial charge is 0.220 e. The second-order valence-electron chi connectivity index (χ2n) is 6.63. The molecule has 1 aliphatic heterocycles. The maximum absolute atomic E-state index is 13.8. The number of halogens is 1. The first kappa shape index (κ1) is 15.2. The van der Waals surface area contributed by atoms with Crippen molar-refractivity contribution in [1.29, 1.82) is 0 Å². The molecule has 0 unspecified atom stereocenters. The molecule has 1 aliphatic carbocycles. The molecule has 24 heavy (non-hydrogen) atoms. The van der Waals surface area contributed by atoms with Crippen LogP contribution in [0.15, 0.2) is 48.5 Å². The zero-order chi connectivity index (χ0) is 16.5. The number of para-hydroxylation sites is 1. The molecule has 0 spiro atoms. The van der Waals surface area contributed by atoms with Crippen LogP contribution in [0.5, 0.6) is 5.75 Å². The van der Waals surface area contributed by atoms with E-state index in [-0.39, 0.29) is 23.5 Å². The van der Waals surface area contributed by atoms with Gasteiger partial charge in [-0.15, -0.1) is 0 Å². The van der Waals surface area contributed by atoms with E-state index >= 15 is 0 Å². The first-order chi connectivity index (χ1) is 11.7. The molecule has 3 atom stereocenters. The van der Waals surface area contributed by atoms with Crippen molar-refractivity contribution in [3.05, 3.63) is 65.5 Å². The zero-order valence-electron chi connectivity index (χ0n) is 13.4. The quantitative estimate of drug-likeness (QED) is 0.924. The third-order valence-electron chi connectivity index (χ3n) is 4.96. The van der Waals surface area contributed by atoms with Gasteiger partial charge in [0, 0.05) is 18.4 Å². The van der Waals surface area contributed by atoms with E-state index in [1.54, 1.807) is 6.07 Å². The highest BCUT2D eigenvalue weighted by atomic mass is 19.1. The number of benzene rings is 2. The van der Waals surface area contributed by atoms with E-state index in [1.165, 1.54) is 11.6 Å². The molecule has 4 rings (SSSR count). The van der Waals surface area contributed by atoms with Gasteiger partial charge in [-0.05, 0) is 29.9 Å². The summed E-state index contributed by atoms with van der Waals surface area (Å²) in [6.45, 7) is 0.426. The highest BCUT2D eigenvalue weighted by Crippen LogP contribution is 2.49. The highest BCUT2D eigenvalue weighted by molar-refractivity contribution is 5.77. The molecule has 1 N–H and O–H groups in total. The fourth-order valence-electron chi connectivity index (χ4n) is 3.61. The number of carbonyl (C=O) groups excluding carboxylic acids is 1. The van der Waals surface area contributed by atoms with Gasteiger partial charge in [-0.3, -0.25) is 4.79 Å². The minimum absolute atomic E-state index is 0.0422. The van der Waals surface area contributed by atoms with Crippen LogP contribution in [0.2, 0.25) is 0 Å². The number of nitrogens with one attached hydrogen (secondary N) is 1. The van der Waals surface area contributed by atoms with Crippen LogP contribution in [-0.2, 0) is 4.79 Å². The van der Waals surface area contributed by atoms with Gasteiger partial charge in [-0.2, -0.15) is 0 Å². The lowest BCUT2D eigenvalue weighted by Crippen LogP contribution is -2.32. The van der Waals surface area contributed by atoms with E-state index in [1.807, 2.05) is 24.3 Å². The number of ether oxygens (including phenoxy) is 1. The van der Waals surface area contributed by atoms with Crippen molar-refractivity contribution in [2.45, 2.75) is 31.2 Å². The Balaban J connectivity index is 1.38. The Bertz CT molecular complexity index is 747. The Hall–Kier alpha value is -2.36. The summed E-state index contributed by atoms with van der Waals surface area (Å²) >= 11 is 0. The fraction of sp³-hybridized carbons (Fsp3) is 0.350. The van der Waals surface area contributed by atoms with Crippen LogP contribution in [-0.4, -0.2) is 12.5 Å². The van der Waals surface area contributed by atoms with Gasteiger partial charge in [0.1, 0.15) is 0 Å². The summed E-state index contributed by atoms with van der Waals surface area (Å²) in [6, 6.07) is 15.1. The summed E-state index contributed by atoms with van der Waals surface area (Å²) in [4.78, 5) is 12.4. The minimum atomic E-state index is -0.363. The Morgan fingerprint density at radius 3 is 2.83 bits per heavy atom. The van der Waals surface area contributed by atoms with Crippen LogP contribution in [0.3, 0.4) is 0 Å². The van der Waals surface area contributed by atoms with Crippen molar-refractivity contribution in [2.24, 2.45) is 5.92 Å². The third kappa shape index (κ3) is 3.01. The summed E-state index contributed by atoms with van der Waals surface area (Å²) < 4.78 is 19.2. The normalized spacial score (nSPS) is 24.6. The zero-order valence-corrected chi connectivity index (χ0v) is 13.4. The number of carbonyl (C=O) groups is 1. The maximum atomic E-state index is 13.8. The Morgan fingerprint density at radius 2 is 2.00 bits per heavy atom. The lowest BCUT2D eigenvalue weighted by atomic mass is 10.00. The van der Waals surface area contributed by atoms with Crippen molar-refractivity contribution < 1.29 is 13.9 Å². The molecule has 1 saturated carbocycles. The van der Waals surface area contributed by atoms with Crippen molar-refractivity contribution in [1.82, 2.24) is 5.32 Å². The van der Waals surface area contributed by atoms with Crippen LogP contribution in [0.25, 0.3) is 0 Å². The summed E-state index contributed by atoms with van der Waals surface area (Å²) in [5.74, 6) is 0.872. The van der Waals surface area contributed by atoms with Gasteiger partial charge in [-0.25, -0.2) is 4.39 Å². The van der Waals surface area contributed by atoms with E-state index in [0.29, 0.717) is 31.3 Å². The molecule has 0 saturated heterocycles. The van der Waals surface area contributed by atoms with Crippen molar-refractivity contribution in [3.8, 4) is 5.75 Å². The average Bonchev–Trinajstić information content (AvgIpc) is 3.36. The second kappa shape index (κ2) is 6.27. The number of hydrogen-bond acceptors (Lipinski definition) is 2. The molecule has 1 amide bonds. The topological polar surface area (TPSA) is 38.3 Å². The molecule has 0 radical (unpaired) electrons. The molecule has 1 fully saturated rings. The molecule has 1 heterocycles. The average molecular weight is 325 g/mol. The summed E-state index contributed by atoms with van der Waals surface area (Å²) in [5.41, 5.74) is 2.05. The number of fused-ring (bicyclic) bond motifs is 1. The molecule has 2 aromatic carbocycles. The molecule has 124 valence electrons. The van der Waals surface area contributed by atoms with E-state index in [9.17, 15) is 9.18 Å². The van der Waals surface area contributed by atoms with Gasteiger partial charge >= 0.3 is 0 Å². The summed E-state index contributed by atoms with van der Waals surface area (Å²) in [5, 5.41) is 3.06. The van der Waals surface area contributed by atoms with Crippen molar-refractivity contribution in [2.75, 3.05) is 6.61 Å². The first-order valence-corrected chi connectivity index (χ1v) is 8.48. The lowest BCUT2D eigenvalue weighted by molar-refractivity contribution is -0.122. The molecule has 4 heteroatoms. The molecular formula is C20H20FNO2. The third-order valence-corrected chi connectivity index (χ3v) is 4.96. The largest absolute Gasteiger partial charge is 0.490 e. The molecule has 2 aromatic rings. The first-order valence-electron chi connectivity index (χ1n) is 8.48. The van der Waals surface area contributed by atoms with Crippen LogP contribution in [0.4, 0.5) is 4.39 Å². The van der Waals surface area contributed by atoms with E-state index in [4.69, 9.17) is 4.74 Å². The maximum Gasteiger partial charge on any atom is 0.220 e. The van der Waals surface area contributed by atoms with E-state index in [2.05, 4.69) is 17.4 Å². The standard InChI is InChI=1S/C20H20FNO2/c21-17-8-4-7-15-18(9-10-24-20(15)17)22-19(23)12-14-11-16(14)13-5-2-1-3-6-13/h1-8,14,16,18H,9-12H2,(H,22,23)/t14-,16-,18-/m0/s1. The molecular weight excluding hydrogens is 305 g/mol. The van der Waals surface area contributed by atoms with Gasteiger partial charge in [0.2, 0.25) is 5.91 Å². The van der Waals surface area contributed by atoms with E-state index < -0.39 is 0 Å². The van der Waals surface area contributed by atoms with Gasteiger partial charge in [0.05, 0.1) is 12.6 Å². The van der Waals surface area contributed by atoms with Crippen molar-refractivity contribution >= 4 is 5.91 Å². The van der Waals surface area contributed by atoms with Crippen LogP contribution < -0.4 is 10.1 Å². The van der Waals surface area contributed by atoms with Gasteiger partial charge in [0.15, 0.2) is 11.6 Å². The highest BCUT2D eigenvalue weighted by Gasteiger charge is 2.39. The number of amides is 1. The minimum Gasteiger partial charge on any atom is -0.490 e. The SMILES string of the molecule is O=C(C[C@@H]1C[C@H]1c1ccccc1)N[C@H]1CCOc2c(F)cccc21. The molecule has 0 bridgehead atoms. The van der Waals surface area contributed by atoms with Crippen LogP contribution in [0.1, 0.15) is 42.3 Å².